The maximum absolute atomic E-state index is 11.3. The minimum absolute atomic E-state index is 0.0342. The number of carboxylic acids is 1. The third kappa shape index (κ3) is 4.42. The van der Waals surface area contributed by atoms with E-state index in [2.05, 4.69) is 20.8 Å². The molecule has 0 saturated carbocycles. The number of H-pyrrole nitrogens is 1. The monoisotopic (exact) mass is 256 g/mol. The molecule has 1 heterocycles. The van der Waals surface area contributed by atoms with Gasteiger partial charge >= 0.3 is 12.0 Å². The van der Waals surface area contributed by atoms with Gasteiger partial charge in [-0.15, -0.1) is 0 Å². The first-order chi connectivity index (χ1) is 8.50. The van der Waals surface area contributed by atoms with Crippen LogP contribution in [0.3, 0.4) is 0 Å². The zero-order valence-electron chi connectivity index (χ0n) is 9.93. The number of aryl methyl sites for hydroxylation is 1. The Morgan fingerprint density at radius 2 is 2.22 bits per heavy atom. The zero-order valence-corrected chi connectivity index (χ0v) is 9.93. The van der Waals surface area contributed by atoms with Gasteiger partial charge in [-0.3, -0.25) is 5.10 Å². The topological polar surface area (TPSA) is 127 Å². The van der Waals surface area contributed by atoms with Crippen molar-refractivity contribution in [3.05, 3.63) is 17.5 Å². The first-order valence-corrected chi connectivity index (χ1v) is 5.42. The van der Waals surface area contributed by atoms with E-state index in [9.17, 15) is 9.59 Å². The SMILES string of the molecule is Cc1[nH]ncc1CNC(=O)NCCC(O)C(=O)O. The van der Waals surface area contributed by atoms with Gasteiger partial charge in [0.1, 0.15) is 0 Å². The second-order valence-corrected chi connectivity index (χ2v) is 3.77. The summed E-state index contributed by atoms with van der Waals surface area (Å²) in [5.74, 6) is -1.30. The molecule has 0 aliphatic rings. The Labute approximate surface area is 103 Å². The maximum Gasteiger partial charge on any atom is 0.332 e. The van der Waals surface area contributed by atoms with Crippen molar-refractivity contribution in [2.24, 2.45) is 0 Å². The van der Waals surface area contributed by atoms with Gasteiger partial charge in [0.05, 0.1) is 6.20 Å². The van der Waals surface area contributed by atoms with E-state index in [-0.39, 0.29) is 13.0 Å². The van der Waals surface area contributed by atoms with Gasteiger partial charge < -0.3 is 20.8 Å². The first kappa shape index (κ1) is 14.0. The van der Waals surface area contributed by atoms with E-state index in [1.54, 1.807) is 6.20 Å². The van der Waals surface area contributed by atoms with Gasteiger partial charge in [-0.25, -0.2) is 9.59 Å². The Hall–Kier alpha value is -2.09. The Morgan fingerprint density at radius 1 is 1.50 bits per heavy atom. The molecule has 0 aromatic carbocycles. The number of carboxylic acid groups (broad SMARTS) is 1. The lowest BCUT2D eigenvalue weighted by Gasteiger charge is -2.08. The normalized spacial score (nSPS) is 11.9. The number of aromatic amines is 1. The molecule has 1 unspecified atom stereocenters. The van der Waals surface area contributed by atoms with Crippen molar-refractivity contribution >= 4 is 12.0 Å². The third-order valence-electron chi connectivity index (χ3n) is 2.36. The van der Waals surface area contributed by atoms with Crippen LogP contribution < -0.4 is 10.6 Å². The van der Waals surface area contributed by atoms with Crippen LogP contribution in [0.4, 0.5) is 4.79 Å². The van der Waals surface area contributed by atoms with Gasteiger partial charge in [0.25, 0.3) is 0 Å². The van der Waals surface area contributed by atoms with Crippen molar-refractivity contribution in [2.45, 2.75) is 26.0 Å². The van der Waals surface area contributed by atoms with Crippen LogP contribution in [-0.4, -0.2) is 45.1 Å². The smallest absolute Gasteiger partial charge is 0.332 e. The molecule has 1 aromatic heterocycles. The molecule has 18 heavy (non-hydrogen) atoms. The van der Waals surface area contributed by atoms with Crippen molar-refractivity contribution in [1.29, 1.82) is 0 Å². The average Bonchev–Trinajstić information content (AvgIpc) is 2.72. The number of aliphatic hydroxyl groups excluding tert-OH is 1. The summed E-state index contributed by atoms with van der Waals surface area (Å²) in [4.78, 5) is 21.6. The minimum atomic E-state index is -1.46. The third-order valence-corrected chi connectivity index (χ3v) is 2.36. The highest BCUT2D eigenvalue weighted by molar-refractivity contribution is 5.74. The fourth-order valence-corrected chi connectivity index (χ4v) is 1.24. The molecule has 1 aromatic rings. The molecule has 0 saturated heterocycles. The van der Waals surface area contributed by atoms with Crippen LogP contribution in [0.5, 0.6) is 0 Å². The average molecular weight is 256 g/mol. The predicted molar refractivity (Wildman–Crippen MR) is 61.8 cm³/mol. The van der Waals surface area contributed by atoms with E-state index < -0.39 is 18.1 Å². The fourth-order valence-electron chi connectivity index (χ4n) is 1.24. The van der Waals surface area contributed by atoms with Crippen LogP contribution in [0.15, 0.2) is 6.20 Å². The summed E-state index contributed by atoms with van der Waals surface area (Å²) in [5, 5.41) is 29.0. The van der Waals surface area contributed by atoms with Crippen LogP contribution in [0.2, 0.25) is 0 Å². The molecule has 8 nitrogen and oxygen atoms in total. The minimum Gasteiger partial charge on any atom is -0.479 e. The molecular weight excluding hydrogens is 240 g/mol. The summed E-state index contributed by atoms with van der Waals surface area (Å²) in [5.41, 5.74) is 1.74. The highest BCUT2D eigenvalue weighted by Gasteiger charge is 2.12. The molecule has 0 aliphatic heterocycles. The number of hydrogen-bond acceptors (Lipinski definition) is 4. The zero-order chi connectivity index (χ0) is 13.5. The predicted octanol–water partition coefficient (Wildman–Crippen LogP) is -0.647. The quantitative estimate of drug-likeness (QED) is 0.462. The molecule has 5 N–H and O–H groups in total. The summed E-state index contributed by atoms with van der Waals surface area (Å²) >= 11 is 0. The molecule has 0 fully saturated rings. The lowest BCUT2D eigenvalue weighted by atomic mass is 10.2. The van der Waals surface area contributed by atoms with E-state index in [0.717, 1.165) is 11.3 Å². The summed E-state index contributed by atoms with van der Waals surface area (Å²) in [6.07, 6.45) is 0.124. The summed E-state index contributed by atoms with van der Waals surface area (Å²) in [6, 6.07) is -0.423. The summed E-state index contributed by atoms with van der Waals surface area (Å²) in [6.45, 7) is 2.25. The molecule has 8 heteroatoms. The molecule has 1 atom stereocenters. The lowest BCUT2D eigenvalue weighted by molar-refractivity contribution is -0.146. The molecule has 2 amide bonds. The van der Waals surface area contributed by atoms with Crippen molar-refractivity contribution in [3.63, 3.8) is 0 Å². The highest BCUT2D eigenvalue weighted by Crippen LogP contribution is 2.00. The van der Waals surface area contributed by atoms with Crippen LogP contribution in [0.1, 0.15) is 17.7 Å². The van der Waals surface area contributed by atoms with E-state index in [1.165, 1.54) is 0 Å². The van der Waals surface area contributed by atoms with Crippen LogP contribution >= 0.6 is 0 Å². The lowest BCUT2D eigenvalue weighted by Crippen LogP contribution is -2.37. The number of hydrogen-bond donors (Lipinski definition) is 5. The number of amides is 2. The second-order valence-electron chi connectivity index (χ2n) is 3.77. The van der Waals surface area contributed by atoms with Crippen molar-refractivity contribution in [3.8, 4) is 0 Å². The molecule has 0 bridgehead atoms. The van der Waals surface area contributed by atoms with Crippen molar-refractivity contribution in [2.75, 3.05) is 6.54 Å². The molecule has 0 radical (unpaired) electrons. The van der Waals surface area contributed by atoms with Gasteiger partial charge in [0, 0.05) is 30.8 Å². The van der Waals surface area contributed by atoms with E-state index >= 15 is 0 Å². The highest BCUT2D eigenvalue weighted by atomic mass is 16.4. The number of nitrogens with one attached hydrogen (secondary N) is 3. The van der Waals surface area contributed by atoms with Gasteiger partial charge in [0.2, 0.25) is 0 Å². The number of aliphatic hydroxyl groups is 1. The van der Waals surface area contributed by atoms with Gasteiger partial charge in [-0.1, -0.05) is 0 Å². The van der Waals surface area contributed by atoms with Gasteiger partial charge in [0.15, 0.2) is 6.10 Å². The number of carbonyl (C=O) groups is 2. The molecule has 100 valence electrons. The van der Waals surface area contributed by atoms with Gasteiger partial charge in [-0.05, 0) is 6.92 Å². The summed E-state index contributed by atoms with van der Waals surface area (Å²) < 4.78 is 0. The fraction of sp³-hybridized carbons (Fsp3) is 0.500. The Bertz CT molecular complexity index is 418. The van der Waals surface area contributed by atoms with Gasteiger partial charge in [-0.2, -0.15) is 5.10 Å². The second kappa shape index (κ2) is 6.60. The van der Waals surface area contributed by atoms with Crippen LogP contribution in [-0.2, 0) is 11.3 Å². The molecule has 0 aliphatic carbocycles. The van der Waals surface area contributed by atoms with E-state index in [1.807, 2.05) is 6.92 Å². The number of aromatic nitrogens is 2. The Kier molecular flexibility index (Phi) is 5.12. The summed E-state index contributed by atoms with van der Waals surface area (Å²) in [7, 11) is 0. The Balaban J connectivity index is 2.19. The standard InChI is InChI=1S/C10H16N4O4/c1-6-7(5-13-14-6)4-12-10(18)11-3-2-8(15)9(16)17/h5,8,15H,2-4H2,1H3,(H,13,14)(H,16,17)(H2,11,12,18). The van der Waals surface area contributed by atoms with Crippen molar-refractivity contribution < 1.29 is 19.8 Å². The number of aliphatic carboxylic acids is 1. The van der Waals surface area contributed by atoms with Crippen molar-refractivity contribution in [1.82, 2.24) is 20.8 Å². The number of rotatable bonds is 6. The van der Waals surface area contributed by atoms with Crippen LogP contribution in [0, 0.1) is 6.92 Å². The van der Waals surface area contributed by atoms with E-state index in [0.29, 0.717) is 6.54 Å². The molecular formula is C10H16N4O4. The van der Waals surface area contributed by atoms with E-state index in [4.69, 9.17) is 10.2 Å². The number of carbonyl (C=O) groups excluding carboxylic acids is 1. The largest absolute Gasteiger partial charge is 0.479 e. The number of nitrogens with zero attached hydrogens (tertiary/aromatic N) is 1. The number of urea groups is 1. The maximum atomic E-state index is 11.3. The molecule has 0 spiro atoms. The Morgan fingerprint density at radius 3 is 2.78 bits per heavy atom. The first-order valence-electron chi connectivity index (χ1n) is 5.42. The van der Waals surface area contributed by atoms with Crippen LogP contribution in [0.25, 0.3) is 0 Å². The molecule has 1 rings (SSSR count).